The van der Waals surface area contributed by atoms with Gasteiger partial charge in [-0.3, -0.25) is 4.79 Å². The van der Waals surface area contributed by atoms with Crippen molar-refractivity contribution in [3.05, 3.63) is 0 Å². The topological polar surface area (TPSA) is 29.1 Å². The third kappa shape index (κ3) is 2.17. The second-order valence-electron chi connectivity index (χ2n) is 4.94. The van der Waals surface area contributed by atoms with E-state index in [0.29, 0.717) is 17.7 Å². The van der Waals surface area contributed by atoms with Crippen molar-refractivity contribution in [2.45, 2.75) is 51.5 Å². The van der Waals surface area contributed by atoms with Crippen LogP contribution in [0.25, 0.3) is 0 Å². The summed E-state index contributed by atoms with van der Waals surface area (Å²) in [7, 11) is 0. The highest BCUT2D eigenvalue weighted by Gasteiger charge is 2.32. The van der Waals surface area contributed by atoms with E-state index in [1.807, 2.05) is 0 Å². The SMILES string of the molecule is CC(=O)[C@H]1CC[C@H]2NCCCC[C@H]2C1. The minimum absolute atomic E-state index is 0.371. The van der Waals surface area contributed by atoms with E-state index in [1.165, 1.54) is 32.2 Å². The van der Waals surface area contributed by atoms with Gasteiger partial charge in [0, 0.05) is 12.0 Å². The minimum atomic E-state index is 0.371. The highest BCUT2D eigenvalue weighted by atomic mass is 16.1. The summed E-state index contributed by atoms with van der Waals surface area (Å²) >= 11 is 0. The van der Waals surface area contributed by atoms with Gasteiger partial charge >= 0.3 is 0 Å². The zero-order valence-electron chi connectivity index (χ0n) is 9.09. The molecule has 0 amide bonds. The molecule has 0 aromatic rings. The summed E-state index contributed by atoms with van der Waals surface area (Å²) < 4.78 is 0. The standard InChI is InChI=1S/C12H21NO/c1-9(14)10-5-6-12-11(8-10)4-2-3-7-13-12/h10-13H,2-8H2,1H3/t10-,11-,12+/m0/s1. The zero-order chi connectivity index (χ0) is 9.97. The summed E-state index contributed by atoms with van der Waals surface area (Å²) in [4.78, 5) is 11.3. The number of nitrogens with one attached hydrogen (secondary N) is 1. The van der Waals surface area contributed by atoms with E-state index in [2.05, 4.69) is 5.32 Å². The Balaban J connectivity index is 1.96. The quantitative estimate of drug-likeness (QED) is 0.694. The van der Waals surface area contributed by atoms with Crippen LogP contribution in [0.1, 0.15) is 45.4 Å². The third-order valence-electron chi connectivity index (χ3n) is 3.97. The Bertz CT molecular complexity index is 214. The van der Waals surface area contributed by atoms with Gasteiger partial charge in [0.05, 0.1) is 0 Å². The molecule has 0 radical (unpaired) electrons. The molecule has 3 atom stereocenters. The van der Waals surface area contributed by atoms with E-state index < -0.39 is 0 Å². The average Bonchev–Trinajstić information content (AvgIpc) is 2.41. The normalized spacial score (nSPS) is 38.5. The monoisotopic (exact) mass is 195 g/mol. The fourth-order valence-electron chi connectivity index (χ4n) is 3.04. The number of fused-ring (bicyclic) bond motifs is 1. The molecular weight excluding hydrogens is 174 g/mol. The smallest absolute Gasteiger partial charge is 0.132 e. The molecule has 1 saturated carbocycles. The number of rotatable bonds is 1. The van der Waals surface area contributed by atoms with E-state index in [4.69, 9.17) is 0 Å². The van der Waals surface area contributed by atoms with Gasteiger partial charge < -0.3 is 5.32 Å². The van der Waals surface area contributed by atoms with Gasteiger partial charge in [0.2, 0.25) is 0 Å². The molecule has 0 aromatic heterocycles. The fraction of sp³-hybridized carbons (Fsp3) is 0.917. The zero-order valence-corrected chi connectivity index (χ0v) is 9.09. The highest BCUT2D eigenvalue weighted by molar-refractivity contribution is 5.78. The second kappa shape index (κ2) is 4.43. The van der Waals surface area contributed by atoms with Crippen molar-refractivity contribution < 1.29 is 4.79 Å². The Morgan fingerprint density at radius 2 is 2.07 bits per heavy atom. The van der Waals surface area contributed by atoms with Crippen LogP contribution in [0.2, 0.25) is 0 Å². The van der Waals surface area contributed by atoms with Gasteiger partial charge in [0.25, 0.3) is 0 Å². The van der Waals surface area contributed by atoms with E-state index in [9.17, 15) is 4.79 Å². The van der Waals surface area contributed by atoms with E-state index >= 15 is 0 Å². The molecule has 1 saturated heterocycles. The molecule has 0 spiro atoms. The van der Waals surface area contributed by atoms with E-state index in [-0.39, 0.29) is 0 Å². The molecule has 14 heavy (non-hydrogen) atoms. The molecule has 0 aromatic carbocycles. The second-order valence-corrected chi connectivity index (χ2v) is 4.94. The van der Waals surface area contributed by atoms with Crippen LogP contribution in [-0.2, 0) is 4.79 Å². The van der Waals surface area contributed by atoms with Crippen molar-refractivity contribution >= 4 is 5.78 Å². The summed E-state index contributed by atoms with van der Waals surface area (Å²) in [6, 6.07) is 0.716. The number of carbonyl (C=O) groups is 1. The first-order valence-electron chi connectivity index (χ1n) is 6.01. The molecular formula is C12H21NO. The van der Waals surface area contributed by atoms with Gasteiger partial charge in [-0.25, -0.2) is 0 Å². The van der Waals surface area contributed by atoms with Crippen LogP contribution in [0.5, 0.6) is 0 Å². The maximum Gasteiger partial charge on any atom is 0.132 e. The van der Waals surface area contributed by atoms with Gasteiger partial charge in [0.1, 0.15) is 5.78 Å². The lowest BCUT2D eigenvalue weighted by Gasteiger charge is -2.34. The lowest BCUT2D eigenvalue weighted by molar-refractivity contribution is -0.122. The first-order chi connectivity index (χ1) is 6.77. The van der Waals surface area contributed by atoms with Crippen molar-refractivity contribution in [1.29, 1.82) is 0 Å². The van der Waals surface area contributed by atoms with Crippen LogP contribution in [0, 0.1) is 11.8 Å². The molecule has 0 bridgehead atoms. The van der Waals surface area contributed by atoms with Crippen molar-refractivity contribution in [2.75, 3.05) is 6.54 Å². The first kappa shape index (κ1) is 10.2. The van der Waals surface area contributed by atoms with Gasteiger partial charge in [0.15, 0.2) is 0 Å². The first-order valence-corrected chi connectivity index (χ1v) is 6.01. The average molecular weight is 195 g/mol. The van der Waals surface area contributed by atoms with Crippen molar-refractivity contribution in [2.24, 2.45) is 11.8 Å². The van der Waals surface area contributed by atoms with Crippen molar-refractivity contribution in [3.63, 3.8) is 0 Å². The Labute approximate surface area is 86.5 Å². The summed E-state index contributed by atoms with van der Waals surface area (Å²) in [5.74, 6) is 1.56. The lowest BCUT2D eigenvalue weighted by Crippen LogP contribution is -2.40. The summed E-state index contributed by atoms with van der Waals surface area (Å²) in [6.07, 6.45) is 7.48. The number of ketones is 1. The molecule has 1 N–H and O–H groups in total. The largest absolute Gasteiger partial charge is 0.314 e. The summed E-state index contributed by atoms with van der Waals surface area (Å²) in [5.41, 5.74) is 0. The van der Waals surface area contributed by atoms with Crippen LogP contribution >= 0.6 is 0 Å². The molecule has 2 nitrogen and oxygen atoms in total. The number of Topliss-reactive ketones (excluding diaryl/α,β-unsaturated/α-hetero) is 1. The third-order valence-corrected chi connectivity index (χ3v) is 3.97. The van der Waals surface area contributed by atoms with Gasteiger partial charge in [-0.1, -0.05) is 6.42 Å². The Hall–Kier alpha value is -0.370. The molecule has 2 rings (SSSR count). The van der Waals surface area contributed by atoms with Gasteiger partial charge in [-0.15, -0.1) is 0 Å². The van der Waals surface area contributed by atoms with Crippen LogP contribution in [0.4, 0.5) is 0 Å². The molecule has 1 heterocycles. The molecule has 1 aliphatic carbocycles. The van der Waals surface area contributed by atoms with Crippen molar-refractivity contribution in [3.8, 4) is 0 Å². The summed E-state index contributed by atoms with van der Waals surface area (Å²) in [6.45, 7) is 2.95. The maximum absolute atomic E-state index is 11.3. The predicted octanol–water partition coefficient (Wildman–Crippen LogP) is 2.13. The van der Waals surface area contributed by atoms with Crippen LogP contribution in [0.15, 0.2) is 0 Å². The van der Waals surface area contributed by atoms with Gasteiger partial charge in [-0.2, -0.15) is 0 Å². The Morgan fingerprint density at radius 3 is 2.86 bits per heavy atom. The van der Waals surface area contributed by atoms with Crippen molar-refractivity contribution in [1.82, 2.24) is 5.32 Å². The lowest BCUT2D eigenvalue weighted by atomic mass is 9.75. The fourth-order valence-corrected chi connectivity index (χ4v) is 3.04. The molecule has 80 valence electrons. The minimum Gasteiger partial charge on any atom is -0.314 e. The summed E-state index contributed by atoms with van der Waals surface area (Å²) in [5, 5.41) is 3.63. The Morgan fingerprint density at radius 1 is 1.21 bits per heavy atom. The van der Waals surface area contributed by atoms with Crippen LogP contribution < -0.4 is 5.32 Å². The number of hydrogen-bond acceptors (Lipinski definition) is 2. The highest BCUT2D eigenvalue weighted by Crippen LogP contribution is 2.34. The Kier molecular flexibility index (Phi) is 3.22. The molecule has 2 heteroatoms. The predicted molar refractivity (Wildman–Crippen MR) is 57.2 cm³/mol. The van der Waals surface area contributed by atoms with E-state index in [0.717, 1.165) is 18.8 Å². The molecule has 0 unspecified atom stereocenters. The van der Waals surface area contributed by atoms with Crippen LogP contribution in [0.3, 0.4) is 0 Å². The molecule has 1 aliphatic heterocycles. The van der Waals surface area contributed by atoms with Gasteiger partial charge in [-0.05, 0) is 51.5 Å². The number of carbonyl (C=O) groups excluding carboxylic acids is 1. The van der Waals surface area contributed by atoms with E-state index in [1.54, 1.807) is 6.92 Å². The van der Waals surface area contributed by atoms with Crippen LogP contribution in [-0.4, -0.2) is 18.4 Å². The number of hydrogen-bond donors (Lipinski definition) is 1. The molecule has 2 fully saturated rings. The maximum atomic E-state index is 11.3. The molecule has 2 aliphatic rings.